The Labute approximate surface area is 182 Å². The number of nitrogens with zero attached hydrogens (tertiary/aromatic N) is 4. The van der Waals surface area contributed by atoms with Gasteiger partial charge in [-0.15, -0.1) is 10.2 Å². The van der Waals surface area contributed by atoms with Crippen LogP contribution in [0.3, 0.4) is 0 Å². The molecule has 2 heterocycles. The van der Waals surface area contributed by atoms with Gasteiger partial charge in [0.15, 0.2) is 17.3 Å². The van der Waals surface area contributed by atoms with E-state index in [9.17, 15) is 18.6 Å². The van der Waals surface area contributed by atoms with E-state index >= 15 is 0 Å². The summed E-state index contributed by atoms with van der Waals surface area (Å²) in [6, 6.07) is 7.72. The molecule has 4 aromatic rings. The van der Waals surface area contributed by atoms with Gasteiger partial charge in [0.1, 0.15) is 17.1 Å². The second-order valence-electron chi connectivity index (χ2n) is 7.32. The van der Waals surface area contributed by atoms with Gasteiger partial charge in [0.25, 0.3) is 10.2 Å². The minimum atomic E-state index is -4.20. The Morgan fingerprint density at radius 3 is 2.59 bits per heavy atom. The van der Waals surface area contributed by atoms with Crippen molar-refractivity contribution in [2.24, 2.45) is 5.14 Å². The van der Waals surface area contributed by atoms with Crippen molar-refractivity contribution in [2.45, 2.75) is 19.8 Å². The zero-order chi connectivity index (χ0) is 23.2. The molecule has 0 amide bonds. The maximum absolute atomic E-state index is 11.8. The minimum Gasteiger partial charge on any atom is -0.507 e. The van der Waals surface area contributed by atoms with Crippen molar-refractivity contribution in [1.82, 2.24) is 24.7 Å². The largest absolute Gasteiger partial charge is 0.507 e. The highest BCUT2D eigenvalue weighted by Gasteiger charge is 2.24. The molecule has 13 heteroatoms. The maximum Gasteiger partial charge on any atom is 0.298 e. The van der Waals surface area contributed by atoms with Crippen LogP contribution in [0.5, 0.6) is 17.2 Å². The Balaban J connectivity index is 2.04. The van der Waals surface area contributed by atoms with E-state index in [0.717, 1.165) is 11.9 Å². The first-order valence-electron chi connectivity index (χ1n) is 9.44. The third kappa shape index (κ3) is 3.78. The normalized spacial score (nSPS) is 11.9. The number of phenolic OH excluding ortho intramolecular Hbond substituents is 2. The smallest absolute Gasteiger partial charge is 0.298 e. The van der Waals surface area contributed by atoms with Gasteiger partial charge in [0, 0.05) is 12.0 Å². The fraction of sp³-hybridized carbons (Fsp3) is 0.211. The molecule has 32 heavy (non-hydrogen) atoms. The number of phenols is 2. The molecule has 0 fully saturated rings. The number of methoxy groups -OCH3 is 1. The van der Waals surface area contributed by atoms with Crippen LogP contribution in [0.1, 0.15) is 25.6 Å². The zero-order valence-electron chi connectivity index (χ0n) is 17.4. The number of anilines is 1. The van der Waals surface area contributed by atoms with E-state index in [0.29, 0.717) is 16.7 Å². The van der Waals surface area contributed by atoms with Gasteiger partial charge in [0.2, 0.25) is 5.95 Å². The number of aromatic hydroxyl groups is 2. The Bertz CT molecular complexity index is 1430. The van der Waals surface area contributed by atoms with Gasteiger partial charge >= 0.3 is 0 Å². The first-order valence-corrected chi connectivity index (χ1v) is 11.0. The van der Waals surface area contributed by atoms with E-state index < -0.39 is 10.2 Å². The number of rotatable bonds is 6. The fourth-order valence-corrected chi connectivity index (χ4v) is 3.66. The first-order chi connectivity index (χ1) is 15.1. The molecule has 0 radical (unpaired) electrons. The predicted octanol–water partition coefficient (Wildman–Crippen LogP) is 1.97. The number of benzene rings is 2. The molecule has 2 aromatic heterocycles. The molecule has 0 aliphatic carbocycles. The van der Waals surface area contributed by atoms with Gasteiger partial charge < -0.3 is 19.9 Å². The standard InChI is InChI=1S/C19H21N7O5S/c1-9(2)17-21-11-5-4-6-12(16(11)22-17)26-18(23-24-19(26)25-32(20,29)30)10-7-15(31-3)14(28)8-13(10)27/h4-9,27-28H,1-3H3,(H,21,22)(H,24,25)(H2,20,29,30). The molecular formula is C19H21N7O5S. The molecule has 0 atom stereocenters. The van der Waals surface area contributed by atoms with Gasteiger partial charge in [-0.1, -0.05) is 19.9 Å². The second-order valence-corrected chi connectivity index (χ2v) is 8.62. The highest BCUT2D eigenvalue weighted by atomic mass is 32.2. The van der Waals surface area contributed by atoms with Crippen LogP contribution in [-0.4, -0.2) is 50.5 Å². The topological polar surface area (TPSA) is 181 Å². The zero-order valence-corrected chi connectivity index (χ0v) is 18.2. The lowest BCUT2D eigenvalue weighted by Crippen LogP contribution is -2.24. The van der Waals surface area contributed by atoms with Gasteiger partial charge in [-0.3, -0.25) is 4.57 Å². The fourth-order valence-electron chi connectivity index (χ4n) is 3.27. The molecular weight excluding hydrogens is 438 g/mol. The van der Waals surface area contributed by atoms with Crippen LogP contribution in [0.25, 0.3) is 28.1 Å². The Kier molecular flexibility index (Phi) is 5.14. The maximum atomic E-state index is 11.8. The molecule has 168 valence electrons. The number of para-hydroxylation sites is 1. The lowest BCUT2D eigenvalue weighted by molar-refractivity contribution is 0.370. The van der Waals surface area contributed by atoms with Crippen LogP contribution in [0.2, 0.25) is 0 Å². The molecule has 2 aromatic carbocycles. The SMILES string of the molecule is COc1cc(-c2nnc(NS(N)(=O)=O)n2-c2cccc3[nH]c(C(C)C)nc23)c(O)cc1O. The number of ether oxygens (including phenoxy) is 1. The molecule has 12 nitrogen and oxygen atoms in total. The van der Waals surface area contributed by atoms with E-state index in [1.807, 2.05) is 19.9 Å². The molecule has 4 rings (SSSR count). The summed E-state index contributed by atoms with van der Waals surface area (Å²) in [6.45, 7) is 3.96. The molecule has 6 N–H and O–H groups in total. The summed E-state index contributed by atoms with van der Waals surface area (Å²) >= 11 is 0. The van der Waals surface area contributed by atoms with Crippen molar-refractivity contribution in [1.29, 1.82) is 0 Å². The van der Waals surface area contributed by atoms with E-state index in [1.165, 1.54) is 17.7 Å². The first kappa shape index (κ1) is 21.4. The van der Waals surface area contributed by atoms with Crippen LogP contribution in [0.4, 0.5) is 5.95 Å². The molecule has 0 spiro atoms. The van der Waals surface area contributed by atoms with Crippen molar-refractivity contribution in [3.05, 3.63) is 36.2 Å². The van der Waals surface area contributed by atoms with Crippen molar-refractivity contribution >= 4 is 27.2 Å². The number of hydrogen-bond donors (Lipinski definition) is 5. The Morgan fingerprint density at radius 2 is 1.94 bits per heavy atom. The molecule has 0 aliphatic rings. The summed E-state index contributed by atoms with van der Waals surface area (Å²) in [5.74, 6) is 0.174. The monoisotopic (exact) mass is 459 g/mol. The third-order valence-electron chi connectivity index (χ3n) is 4.73. The lowest BCUT2D eigenvalue weighted by atomic mass is 10.1. The molecule has 0 bridgehead atoms. The number of nitrogens with one attached hydrogen (secondary N) is 2. The molecule has 0 saturated carbocycles. The number of fused-ring (bicyclic) bond motifs is 1. The quantitative estimate of drug-likeness (QED) is 0.290. The summed E-state index contributed by atoms with van der Waals surface area (Å²) in [5, 5.41) is 33.6. The van der Waals surface area contributed by atoms with E-state index in [2.05, 4.69) is 24.9 Å². The minimum absolute atomic E-state index is 0.0635. The number of aromatic amines is 1. The molecule has 0 aliphatic heterocycles. The van der Waals surface area contributed by atoms with Gasteiger partial charge in [-0.2, -0.15) is 8.42 Å². The number of imidazole rings is 1. The van der Waals surface area contributed by atoms with Crippen LogP contribution in [0.15, 0.2) is 30.3 Å². The summed E-state index contributed by atoms with van der Waals surface area (Å²) in [5.41, 5.74) is 1.80. The van der Waals surface area contributed by atoms with Crippen molar-refractivity contribution in [3.8, 4) is 34.3 Å². The molecule has 0 unspecified atom stereocenters. The summed E-state index contributed by atoms with van der Waals surface area (Å²) in [7, 11) is -2.84. The highest BCUT2D eigenvalue weighted by Crippen LogP contribution is 2.40. The average molecular weight is 459 g/mol. The Morgan fingerprint density at radius 1 is 1.19 bits per heavy atom. The number of aromatic nitrogens is 5. The van der Waals surface area contributed by atoms with Crippen molar-refractivity contribution in [3.63, 3.8) is 0 Å². The van der Waals surface area contributed by atoms with Gasteiger partial charge in [-0.05, 0) is 18.2 Å². The molecule has 0 saturated heterocycles. The highest BCUT2D eigenvalue weighted by molar-refractivity contribution is 7.90. The number of H-pyrrole nitrogens is 1. The number of nitrogens with two attached hydrogens (primary N) is 1. The van der Waals surface area contributed by atoms with Crippen LogP contribution < -0.4 is 14.6 Å². The van der Waals surface area contributed by atoms with Crippen molar-refractivity contribution < 1.29 is 23.4 Å². The third-order valence-corrected chi connectivity index (χ3v) is 5.20. The van der Waals surface area contributed by atoms with Gasteiger partial charge in [-0.25, -0.2) is 14.8 Å². The summed E-state index contributed by atoms with van der Waals surface area (Å²) in [4.78, 5) is 7.87. The second kappa shape index (κ2) is 7.69. The van der Waals surface area contributed by atoms with E-state index in [1.54, 1.807) is 12.1 Å². The average Bonchev–Trinajstić information content (AvgIpc) is 3.31. The summed E-state index contributed by atoms with van der Waals surface area (Å²) in [6.07, 6.45) is 0. The predicted molar refractivity (Wildman–Crippen MR) is 117 cm³/mol. The van der Waals surface area contributed by atoms with E-state index in [4.69, 9.17) is 9.88 Å². The summed E-state index contributed by atoms with van der Waals surface area (Å²) < 4.78 is 32.1. The van der Waals surface area contributed by atoms with Gasteiger partial charge in [0.05, 0.1) is 23.9 Å². The lowest BCUT2D eigenvalue weighted by Gasteiger charge is -2.13. The number of hydrogen-bond acceptors (Lipinski definition) is 8. The van der Waals surface area contributed by atoms with Crippen LogP contribution in [0, 0.1) is 0 Å². The van der Waals surface area contributed by atoms with Crippen LogP contribution in [-0.2, 0) is 10.2 Å². The Hall–Kier alpha value is -3.84. The van der Waals surface area contributed by atoms with E-state index in [-0.39, 0.29) is 40.5 Å². The van der Waals surface area contributed by atoms with Crippen molar-refractivity contribution in [2.75, 3.05) is 11.8 Å². The van der Waals surface area contributed by atoms with Crippen LogP contribution >= 0.6 is 0 Å².